The predicted molar refractivity (Wildman–Crippen MR) is 87.6 cm³/mol. The summed E-state index contributed by atoms with van der Waals surface area (Å²) in [6.07, 6.45) is -0.404. The highest BCUT2D eigenvalue weighted by molar-refractivity contribution is 6.35. The lowest BCUT2D eigenvalue weighted by molar-refractivity contribution is -0.175. The number of methoxy groups -OCH3 is 1. The van der Waals surface area contributed by atoms with Gasteiger partial charge < -0.3 is 18.9 Å². The van der Waals surface area contributed by atoms with Crippen molar-refractivity contribution in [2.75, 3.05) is 20.3 Å². The van der Waals surface area contributed by atoms with Gasteiger partial charge in [-0.25, -0.2) is 19.2 Å². The molecular weight excluding hydrogens is 348 g/mol. The van der Waals surface area contributed by atoms with Gasteiger partial charge in [0, 0.05) is 11.5 Å². The Balaban J connectivity index is 5.04. The van der Waals surface area contributed by atoms with Crippen LogP contribution in [0.25, 0.3) is 0 Å². The Bertz CT molecular complexity index is 575. The van der Waals surface area contributed by atoms with Crippen LogP contribution >= 0.6 is 0 Å². The summed E-state index contributed by atoms with van der Waals surface area (Å²) < 4.78 is 18.5. The zero-order chi connectivity index (χ0) is 20.5. The number of ether oxygens (including phenoxy) is 4. The van der Waals surface area contributed by atoms with E-state index < -0.39 is 54.4 Å². The maximum Gasteiger partial charge on any atom is 0.417 e. The first-order chi connectivity index (χ1) is 12.0. The van der Waals surface area contributed by atoms with Crippen LogP contribution in [0.4, 0.5) is 0 Å². The summed E-state index contributed by atoms with van der Waals surface area (Å²) >= 11 is 0. The summed E-state index contributed by atoms with van der Waals surface area (Å²) in [5.41, 5.74) is -0.984. The van der Waals surface area contributed by atoms with Crippen molar-refractivity contribution < 1.29 is 42.9 Å². The molecule has 0 radical (unpaired) electrons. The van der Waals surface area contributed by atoms with Gasteiger partial charge in [-0.2, -0.15) is 0 Å². The lowest BCUT2D eigenvalue weighted by Crippen LogP contribution is -2.40. The zero-order valence-electron chi connectivity index (χ0n) is 15.5. The minimum absolute atomic E-state index is 0.142. The van der Waals surface area contributed by atoms with E-state index in [1.807, 2.05) is 0 Å². The molecule has 0 bridgehead atoms. The average Bonchev–Trinajstić information content (AvgIpc) is 2.61. The van der Waals surface area contributed by atoms with Gasteiger partial charge in [0.1, 0.15) is 13.2 Å². The summed E-state index contributed by atoms with van der Waals surface area (Å²) in [4.78, 5) is 57.8. The van der Waals surface area contributed by atoms with Crippen molar-refractivity contribution in [3.63, 3.8) is 0 Å². The number of carbonyl (C=O) groups excluding carboxylic acids is 5. The largest absolute Gasteiger partial charge is 0.461 e. The van der Waals surface area contributed by atoms with Gasteiger partial charge in [0.15, 0.2) is 6.10 Å². The SMILES string of the molecule is C=CC(=O)OCC(COC(=O)C(=O)OC)OC(=O)C(=O)C(C)(C)C(C)C. The van der Waals surface area contributed by atoms with Crippen molar-refractivity contribution in [3.8, 4) is 0 Å². The van der Waals surface area contributed by atoms with Crippen LogP contribution in [-0.2, 0) is 42.9 Å². The van der Waals surface area contributed by atoms with E-state index in [4.69, 9.17) is 9.47 Å². The van der Waals surface area contributed by atoms with Crippen molar-refractivity contribution in [2.24, 2.45) is 11.3 Å². The normalized spacial score (nSPS) is 11.9. The molecule has 1 atom stereocenters. The highest BCUT2D eigenvalue weighted by atomic mass is 16.6. The van der Waals surface area contributed by atoms with Crippen molar-refractivity contribution in [3.05, 3.63) is 12.7 Å². The molecule has 0 N–H and O–H groups in total. The van der Waals surface area contributed by atoms with E-state index in [1.165, 1.54) is 0 Å². The van der Waals surface area contributed by atoms with Gasteiger partial charge in [-0.3, -0.25) is 4.79 Å². The Hall–Kier alpha value is -2.71. The molecule has 1 unspecified atom stereocenters. The highest BCUT2D eigenvalue weighted by Gasteiger charge is 2.38. The van der Waals surface area contributed by atoms with Crippen LogP contribution in [0.2, 0.25) is 0 Å². The van der Waals surface area contributed by atoms with Gasteiger partial charge in [-0.05, 0) is 5.92 Å². The summed E-state index contributed by atoms with van der Waals surface area (Å²) in [5.74, 6) is -5.48. The Kier molecular flexibility index (Phi) is 9.24. The van der Waals surface area contributed by atoms with Crippen molar-refractivity contribution in [1.82, 2.24) is 0 Å². The third-order valence-electron chi connectivity index (χ3n) is 3.82. The van der Waals surface area contributed by atoms with Crippen LogP contribution in [0.3, 0.4) is 0 Å². The minimum Gasteiger partial charge on any atom is -0.461 e. The van der Waals surface area contributed by atoms with Gasteiger partial charge in [-0.1, -0.05) is 34.3 Å². The molecule has 9 heteroatoms. The molecule has 0 aromatic rings. The lowest BCUT2D eigenvalue weighted by Gasteiger charge is -2.27. The van der Waals surface area contributed by atoms with Crippen molar-refractivity contribution >= 4 is 29.7 Å². The number of Topliss-reactive ketones (excluding diaryl/α,β-unsaturated/α-hetero) is 1. The second kappa shape index (κ2) is 10.3. The molecule has 0 fully saturated rings. The quantitative estimate of drug-likeness (QED) is 0.248. The van der Waals surface area contributed by atoms with E-state index in [0.29, 0.717) is 0 Å². The molecule has 26 heavy (non-hydrogen) atoms. The molecule has 146 valence electrons. The molecule has 0 aliphatic carbocycles. The standard InChI is InChI=1S/C17H24O9/c1-7-12(18)24-8-11(9-25-16(22)15(21)23-6)26-14(20)13(19)17(4,5)10(2)3/h7,10-11H,1,8-9H2,2-6H3. The van der Waals surface area contributed by atoms with Crippen LogP contribution in [0, 0.1) is 11.3 Å². The first kappa shape index (κ1) is 23.3. The summed E-state index contributed by atoms with van der Waals surface area (Å²) in [6.45, 7) is 8.81. The Morgan fingerprint density at radius 2 is 1.50 bits per heavy atom. The smallest absolute Gasteiger partial charge is 0.417 e. The molecule has 0 spiro atoms. The summed E-state index contributed by atoms with van der Waals surface area (Å²) in [5, 5.41) is 0. The number of rotatable bonds is 9. The van der Waals surface area contributed by atoms with Crippen molar-refractivity contribution in [2.45, 2.75) is 33.8 Å². The minimum atomic E-state index is -1.32. The van der Waals surface area contributed by atoms with Crippen LogP contribution < -0.4 is 0 Å². The van der Waals surface area contributed by atoms with Gasteiger partial charge in [0.25, 0.3) is 0 Å². The second-order valence-corrected chi connectivity index (χ2v) is 6.16. The fourth-order valence-corrected chi connectivity index (χ4v) is 1.39. The molecule has 0 amide bonds. The number of hydrogen-bond donors (Lipinski definition) is 0. The molecular formula is C17H24O9. The maximum absolute atomic E-state index is 12.2. The predicted octanol–water partition coefficient (Wildman–Crippen LogP) is 0.595. The van der Waals surface area contributed by atoms with Gasteiger partial charge in [0.05, 0.1) is 7.11 Å². The fraction of sp³-hybridized carbons (Fsp3) is 0.588. The molecule has 0 saturated heterocycles. The topological polar surface area (TPSA) is 122 Å². The molecule has 0 aromatic carbocycles. The first-order valence-electron chi connectivity index (χ1n) is 7.77. The number of esters is 4. The molecule has 0 aliphatic heterocycles. The molecule has 0 heterocycles. The number of hydrogen-bond acceptors (Lipinski definition) is 9. The molecule has 0 saturated carbocycles. The van der Waals surface area contributed by atoms with E-state index in [9.17, 15) is 24.0 Å². The van der Waals surface area contributed by atoms with E-state index in [1.54, 1.807) is 27.7 Å². The van der Waals surface area contributed by atoms with Crippen LogP contribution in [0.5, 0.6) is 0 Å². The third-order valence-corrected chi connectivity index (χ3v) is 3.82. The molecule has 0 aliphatic rings. The Morgan fingerprint density at radius 1 is 0.962 bits per heavy atom. The van der Waals surface area contributed by atoms with Crippen LogP contribution in [0.1, 0.15) is 27.7 Å². The lowest BCUT2D eigenvalue weighted by atomic mass is 9.77. The van der Waals surface area contributed by atoms with Gasteiger partial charge >= 0.3 is 23.9 Å². The summed E-state index contributed by atoms with van der Waals surface area (Å²) in [7, 11) is 0.986. The van der Waals surface area contributed by atoms with Gasteiger partial charge in [0.2, 0.25) is 5.78 Å². The highest BCUT2D eigenvalue weighted by Crippen LogP contribution is 2.27. The van der Waals surface area contributed by atoms with Crippen molar-refractivity contribution in [1.29, 1.82) is 0 Å². The molecule has 0 rings (SSSR count). The number of carbonyl (C=O) groups is 5. The number of ketones is 1. The van der Waals surface area contributed by atoms with E-state index >= 15 is 0 Å². The van der Waals surface area contributed by atoms with E-state index in [2.05, 4.69) is 16.1 Å². The monoisotopic (exact) mass is 372 g/mol. The van der Waals surface area contributed by atoms with E-state index in [-0.39, 0.29) is 5.92 Å². The maximum atomic E-state index is 12.2. The second-order valence-electron chi connectivity index (χ2n) is 6.16. The Morgan fingerprint density at radius 3 is 1.96 bits per heavy atom. The van der Waals surface area contributed by atoms with E-state index in [0.717, 1.165) is 13.2 Å². The van der Waals surface area contributed by atoms with Crippen LogP contribution in [-0.4, -0.2) is 56.1 Å². The first-order valence-corrected chi connectivity index (χ1v) is 7.77. The average molecular weight is 372 g/mol. The fourth-order valence-electron chi connectivity index (χ4n) is 1.39. The summed E-state index contributed by atoms with van der Waals surface area (Å²) in [6, 6.07) is 0. The third kappa shape index (κ3) is 7.04. The van der Waals surface area contributed by atoms with Crippen LogP contribution in [0.15, 0.2) is 12.7 Å². The Labute approximate surface area is 151 Å². The molecule has 0 aromatic heterocycles. The molecule has 9 nitrogen and oxygen atoms in total. The van der Waals surface area contributed by atoms with Gasteiger partial charge in [-0.15, -0.1) is 0 Å². The zero-order valence-corrected chi connectivity index (χ0v) is 15.5.